The van der Waals surface area contributed by atoms with E-state index in [1.54, 1.807) is 17.0 Å². The summed E-state index contributed by atoms with van der Waals surface area (Å²) in [5.41, 5.74) is 6.10. The lowest BCUT2D eigenvalue weighted by Gasteiger charge is -2.12. The van der Waals surface area contributed by atoms with Crippen LogP contribution in [0.5, 0.6) is 0 Å². The summed E-state index contributed by atoms with van der Waals surface area (Å²) in [6.45, 7) is 1.25. The van der Waals surface area contributed by atoms with Crippen LogP contribution in [-0.4, -0.2) is 35.1 Å². The van der Waals surface area contributed by atoms with Crippen molar-refractivity contribution < 1.29 is 9.32 Å². The maximum absolute atomic E-state index is 12.2. The van der Waals surface area contributed by atoms with E-state index in [9.17, 15) is 4.79 Å². The third-order valence-corrected chi connectivity index (χ3v) is 4.30. The van der Waals surface area contributed by atoms with Crippen LogP contribution in [0.1, 0.15) is 16.9 Å². The first-order valence-electron chi connectivity index (χ1n) is 5.91. The molecule has 1 aliphatic heterocycles. The fraction of sp³-hybridized carbons (Fsp3) is 0.333. The minimum absolute atomic E-state index is 0.0615. The van der Waals surface area contributed by atoms with Crippen LogP contribution in [0.15, 0.2) is 22.7 Å². The van der Waals surface area contributed by atoms with E-state index < -0.39 is 0 Å². The number of carbonyl (C=O) groups is 1. The molecule has 3 heterocycles. The summed E-state index contributed by atoms with van der Waals surface area (Å²) in [5.74, 6) is 0.425. The molecule has 1 amide bonds. The van der Waals surface area contributed by atoms with Gasteiger partial charge in [0.1, 0.15) is 0 Å². The van der Waals surface area contributed by atoms with Crippen molar-refractivity contribution >= 4 is 28.8 Å². The van der Waals surface area contributed by atoms with Gasteiger partial charge in [-0.3, -0.25) is 4.79 Å². The molecule has 0 bridgehead atoms. The van der Waals surface area contributed by atoms with Gasteiger partial charge in [0.2, 0.25) is 0 Å². The second-order valence-electron chi connectivity index (χ2n) is 4.48. The monoisotopic (exact) mass is 297 g/mol. The number of likely N-dealkylation sites (tertiary alicyclic amines) is 1. The lowest BCUT2D eigenvalue weighted by Crippen LogP contribution is -2.32. The summed E-state index contributed by atoms with van der Waals surface area (Å²) in [5, 5.41) is 3.83. The van der Waals surface area contributed by atoms with E-state index in [-0.39, 0.29) is 11.9 Å². The molecule has 1 fully saturated rings. The molecule has 2 aromatic rings. The summed E-state index contributed by atoms with van der Waals surface area (Å²) in [6.07, 6.45) is 0.830. The predicted octanol–water partition coefficient (Wildman–Crippen LogP) is 2.23. The molecule has 19 heavy (non-hydrogen) atoms. The zero-order chi connectivity index (χ0) is 13.4. The number of amides is 1. The Kier molecular flexibility index (Phi) is 3.30. The summed E-state index contributed by atoms with van der Waals surface area (Å²) in [7, 11) is 0. The van der Waals surface area contributed by atoms with Crippen molar-refractivity contribution in [2.45, 2.75) is 12.5 Å². The molecule has 0 spiro atoms. The first-order chi connectivity index (χ1) is 9.13. The molecule has 0 aliphatic carbocycles. The maximum Gasteiger partial charge on any atom is 0.276 e. The van der Waals surface area contributed by atoms with Crippen LogP contribution in [0, 0.1) is 0 Å². The van der Waals surface area contributed by atoms with Gasteiger partial charge in [-0.2, -0.15) is 0 Å². The highest BCUT2D eigenvalue weighted by molar-refractivity contribution is 7.19. The van der Waals surface area contributed by atoms with Crippen molar-refractivity contribution in [3.63, 3.8) is 0 Å². The molecule has 1 saturated heterocycles. The third-order valence-electron chi connectivity index (χ3n) is 3.06. The molecule has 0 unspecified atom stereocenters. The van der Waals surface area contributed by atoms with Crippen molar-refractivity contribution in [2.24, 2.45) is 5.73 Å². The minimum Gasteiger partial charge on any atom is -0.355 e. The van der Waals surface area contributed by atoms with Crippen molar-refractivity contribution in [3.05, 3.63) is 28.2 Å². The van der Waals surface area contributed by atoms with Crippen molar-refractivity contribution in [3.8, 4) is 10.6 Å². The molecule has 7 heteroatoms. The summed E-state index contributed by atoms with van der Waals surface area (Å²) >= 11 is 7.25. The summed E-state index contributed by atoms with van der Waals surface area (Å²) in [4.78, 5) is 14.7. The van der Waals surface area contributed by atoms with Crippen LogP contribution in [0.2, 0.25) is 4.34 Å². The van der Waals surface area contributed by atoms with Crippen LogP contribution in [0.3, 0.4) is 0 Å². The Morgan fingerprint density at radius 1 is 1.58 bits per heavy atom. The summed E-state index contributed by atoms with van der Waals surface area (Å²) in [6, 6.07) is 5.33. The molecule has 0 radical (unpaired) electrons. The lowest BCUT2D eigenvalue weighted by molar-refractivity contribution is 0.0780. The van der Waals surface area contributed by atoms with E-state index in [1.807, 2.05) is 6.07 Å². The Hall–Kier alpha value is -1.37. The van der Waals surface area contributed by atoms with Gasteiger partial charge in [0.15, 0.2) is 11.5 Å². The van der Waals surface area contributed by atoms with Gasteiger partial charge in [-0.1, -0.05) is 16.8 Å². The normalized spacial score (nSPS) is 19.1. The third kappa shape index (κ3) is 2.51. The Labute approximate surface area is 118 Å². The molecule has 3 rings (SSSR count). The number of carbonyl (C=O) groups excluding carboxylic acids is 1. The number of thiophene rings is 1. The van der Waals surface area contributed by atoms with Gasteiger partial charge in [0.25, 0.3) is 5.91 Å². The van der Waals surface area contributed by atoms with Crippen molar-refractivity contribution in [2.75, 3.05) is 13.1 Å². The highest BCUT2D eigenvalue weighted by Gasteiger charge is 2.27. The molecule has 100 valence electrons. The van der Waals surface area contributed by atoms with Crippen LogP contribution >= 0.6 is 22.9 Å². The van der Waals surface area contributed by atoms with Crippen LogP contribution in [-0.2, 0) is 0 Å². The maximum atomic E-state index is 12.2. The van der Waals surface area contributed by atoms with Gasteiger partial charge in [-0.15, -0.1) is 11.3 Å². The van der Waals surface area contributed by atoms with Gasteiger partial charge < -0.3 is 15.2 Å². The Morgan fingerprint density at radius 2 is 2.42 bits per heavy atom. The average molecular weight is 298 g/mol. The topological polar surface area (TPSA) is 72.4 Å². The predicted molar refractivity (Wildman–Crippen MR) is 73.3 cm³/mol. The largest absolute Gasteiger partial charge is 0.355 e. The number of rotatable bonds is 2. The number of nitrogens with two attached hydrogens (primary N) is 1. The van der Waals surface area contributed by atoms with Crippen LogP contribution in [0.25, 0.3) is 10.6 Å². The van der Waals surface area contributed by atoms with E-state index >= 15 is 0 Å². The number of hydrogen-bond acceptors (Lipinski definition) is 5. The Morgan fingerprint density at radius 3 is 3.05 bits per heavy atom. The zero-order valence-corrected chi connectivity index (χ0v) is 11.6. The zero-order valence-electron chi connectivity index (χ0n) is 10.0. The molecule has 1 atom stereocenters. The molecule has 2 N–H and O–H groups in total. The first kappa shape index (κ1) is 12.7. The van der Waals surface area contributed by atoms with Gasteiger partial charge in [-0.05, 0) is 18.6 Å². The highest BCUT2D eigenvalue weighted by Crippen LogP contribution is 2.31. The fourth-order valence-electron chi connectivity index (χ4n) is 2.07. The van der Waals surface area contributed by atoms with Crippen LogP contribution in [0.4, 0.5) is 0 Å². The molecule has 1 aliphatic rings. The molecule has 5 nitrogen and oxygen atoms in total. The molecular formula is C12H12ClN3O2S. The average Bonchev–Trinajstić information content (AvgIpc) is 3.07. The van der Waals surface area contributed by atoms with E-state index in [0.29, 0.717) is 28.9 Å². The van der Waals surface area contributed by atoms with E-state index in [2.05, 4.69) is 5.16 Å². The SMILES string of the molecule is N[C@@H]1CCN(C(=O)c2cc(-c3ccc(Cl)s3)on2)C1. The molecular weight excluding hydrogens is 286 g/mol. The van der Waals surface area contributed by atoms with Crippen molar-refractivity contribution in [1.82, 2.24) is 10.1 Å². The van der Waals surface area contributed by atoms with Gasteiger partial charge in [0.05, 0.1) is 9.21 Å². The summed E-state index contributed by atoms with van der Waals surface area (Å²) < 4.78 is 5.87. The standard InChI is InChI=1S/C12H12ClN3O2S/c13-11-2-1-10(19-11)9-5-8(15-18-9)12(17)16-4-3-7(14)6-16/h1-2,5,7H,3-4,6,14H2/t7-/m1/s1. The number of nitrogens with zero attached hydrogens (tertiary/aromatic N) is 2. The van der Waals surface area contributed by atoms with Gasteiger partial charge in [-0.25, -0.2) is 0 Å². The smallest absolute Gasteiger partial charge is 0.276 e. The molecule has 0 saturated carbocycles. The van der Waals surface area contributed by atoms with Gasteiger partial charge in [0, 0.05) is 25.2 Å². The minimum atomic E-state index is -0.134. The van der Waals surface area contributed by atoms with Gasteiger partial charge >= 0.3 is 0 Å². The quantitative estimate of drug-likeness (QED) is 0.922. The molecule has 2 aromatic heterocycles. The highest BCUT2D eigenvalue weighted by atomic mass is 35.5. The lowest BCUT2D eigenvalue weighted by atomic mass is 10.3. The fourth-order valence-corrected chi connectivity index (χ4v) is 3.06. The number of halogens is 1. The second kappa shape index (κ2) is 4.96. The molecule has 0 aromatic carbocycles. The second-order valence-corrected chi connectivity index (χ2v) is 6.20. The number of aromatic nitrogens is 1. The van der Waals surface area contributed by atoms with Crippen molar-refractivity contribution in [1.29, 1.82) is 0 Å². The Bertz CT molecular complexity index is 610. The first-order valence-corrected chi connectivity index (χ1v) is 7.10. The van der Waals surface area contributed by atoms with E-state index in [4.69, 9.17) is 21.9 Å². The van der Waals surface area contributed by atoms with E-state index in [0.717, 1.165) is 11.3 Å². The number of hydrogen-bond donors (Lipinski definition) is 1. The van der Waals surface area contributed by atoms with E-state index in [1.165, 1.54) is 11.3 Å². The Balaban J connectivity index is 1.79. The van der Waals surface area contributed by atoms with Crippen LogP contribution < -0.4 is 5.73 Å².